The van der Waals surface area contributed by atoms with E-state index in [2.05, 4.69) is 15.6 Å². The molecule has 0 saturated heterocycles. The van der Waals surface area contributed by atoms with Gasteiger partial charge < -0.3 is 15.5 Å². The van der Waals surface area contributed by atoms with Crippen molar-refractivity contribution in [3.63, 3.8) is 0 Å². The van der Waals surface area contributed by atoms with E-state index >= 15 is 0 Å². The Morgan fingerprint density at radius 3 is 2.83 bits per heavy atom. The predicted molar refractivity (Wildman–Crippen MR) is 83.2 cm³/mol. The Hall–Kier alpha value is -2.32. The van der Waals surface area contributed by atoms with Gasteiger partial charge in [-0.05, 0) is 38.3 Å². The van der Waals surface area contributed by atoms with Crippen LogP contribution < -0.4 is 5.32 Å². The number of amides is 1. The second kappa shape index (κ2) is 6.66. The number of hydrogen-bond donors (Lipinski definition) is 3. The van der Waals surface area contributed by atoms with E-state index in [1.54, 1.807) is 25.1 Å². The van der Waals surface area contributed by atoms with Gasteiger partial charge in [0.15, 0.2) is 5.69 Å². The molecular formula is C16H19FN4O3. The highest BCUT2D eigenvalue weighted by Gasteiger charge is 2.32. The van der Waals surface area contributed by atoms with Crippen LogP contribution in [0.25, 0.3) is 5.69 Å². The molecule has 3 atom stereocenters. The number of aromatic nitrogens is 3. The average Bonchev–Trinajstić information content (AvgIpc) is 2.94. The number of aliphatic hydroxyl groups excluding tert-OH is 2. The number of hydrogen-bond acceptors (Lipinski definition) is 5. The van der Waals surface area contributed by atoms with Crippen LogP contribution in [0.5, 0.6) is 0 Å². The van der Waals surface area contributed by atoms with Crippen molar-refractivity contribution in [2.24, 2.45) is 0 Å². The van der Waals surface area contributed by atoms with Crippen molar-refractivity contribution in [1.82, 2.24) is 20.3 Å². The third-order valence-corrected chi connectivity index (χ3v) is 4.33. The topological polar surface area (TPSA) is 100 Å². The first-order valence-electron chi connectivity index (χ1n) is 7.83. The van der Waals surface area contributed by atoms with E-state index in [0.29, 0.717) is 25.0 Å². The molecule has 1 aromatic heterocycles. The molecule has 0 aliphatic heterocycles. The fourth-order valence-electron chi connectivity index (χ4n) is 2.94. The number of aliphatic hydroxyl groups is 2. The quantitative estimate of drug-likeness (QED) is 0.768. The van der Waals surface area contributed by atoms with E-state index in [1.165, 1.54) is 10.7 Å². The highest BCUT2D eigenvalue weighted by atomic mass is 19.1. The molecule has 0 spiro atoms. The first kappa shape index (κ1) is 16.5. The van der Waals surface area contributed by atoms with Crippen LogP contribution in [0, 0.1) is 12.7 Å². The van der Waals surface area contributed by atoms with E-state index in [9.17, 15) is 19.4 Å². The number of nitrogens with zero attached hydrogens (tertiary/aromatic N) is 3. The van der Waals surface area contributed by atoms with E-state index in [0.717, 1.165) is 0 Å². The van der Waals surface area contributed by atoms with Crippen LogP contribution >= 0.6 is 0 Å². The van der Waals surface area contributed by atoms with E-state index in [4.69, 9.17) is 0 Å². The maximum Gasteiger partial charge on any atom is 0.274 e. The number of nitrogens with one attached hydrogen (secondary N) is 1. The molecule has 128 valence electrons. The molecule has 24 heavy (non-hydrogen) atoms. The number of benzene rings is 1. The summed E-state index contributed by atoms with van der Waals surface area (Å²) in [7, 11) is 0. The molecule has 1 fully saturated rings. The molecule has 2 aromatic rings. The third kappa shape index (κ3) is 3.02. The molecule has 8 heteroatoms. The van der Waals surface area contributed by atoms with Gasteiger partial charge in [0.2, 0.25) is 0 Å². The fourth-order valence-corrected chi connectivity index (χ4v) is 2.94. The Bertz CT molecular complexity index is 749. The van der Waals surface area contributed by atoms with Crippen molar-refractivity contribution in [3.8, 4) is 5.69 Å². The van der Waals surface area contributed by atoms with Gasteiger partial charge in [-0.15, -0.1) is 5.10 Å². The Labute approximate surface area is 138 Å². The van der Waals surface area contributed by atoms with Crippen LogP contribution in [-0.2, 0) is 0 Å². The molecule has 1 aromatic carbocycles. The highest BCUT2D eigenvalue weighted by molar-refractivity contribution is 5.93. The minimum Gasteiger partial charge on any atom is -0.390 e. The van der Waals surface area contributed by atoms with Crippen molar-refractivity contribution >= 4 is 5.91 Å². The fraction of sp³-hybridized carbons (Fsp3) is 0.438. The van der Waals surface area contributed by atoms with Crippen LogP contribution in [-0.4, -0.2) is 49.4 Å². The summed E-state index contributed by atoms with van der Waals surface area (Å²) in [5.74, 6) is -0.975. The molecule has 1 saturated carbocycles. The van der Waals surface area contributed by atoms with Gasteiger partial charge in [0.1, 0.15) is 11.5 Å². The standard InChI is InChI=1S/C16H19FN4O3/c1-9-14(16(24)18-11-6-4-8-13(22)15(11)23)19-20-21(9)12-7-3-2-5-10(12)17/h2-3,5,7,11,13,15,22-23H,4,6,8H2,1H3,(H,18,24)/t11-,13-,15-/m1/s1. The molecule has 1 aliphatic rings. The zero-order valence-corrected chi connectivity index (χ0v) is 13.2. The van der Waals surface area contributed by atoms with Crippen molar-refractivity contribution in [2.75, 3.05) is 0 Å². The maximum atomic E-state index is 13.9. The molecule has 1 amide bonds. The van der Waals surface area contributed by atoms with Gasteiger partial charge in [0.25, 0.3) is 5.91 Å². The van der Waals surface area contributed by atoms with Crippen LogP contribution in [0.4, 0.5) is 4.39 Å². The Balaban J connectivity index is 1.81. The van der Waals surface area contributed by atoms with Gasteiger partial charge in [0, 0.05) is 0 Å². The molecule has 3 rings (SSSR count). The molecule has 0 bridgehead atoms. The molecule has 3 N–H and O–H groups in total. The molecule has 1 aliphatic carbocycles. The molecule has 0 unspecified atom stereocenters. The van der Waals surface area contributed by atoms with Crippen molar-refractivity contribution < 1.29 is 19.4 Å². The smallest absolute Gasteiger partial charge is 0.274 e. The van der Waals surface area contributed by atoms with Crippen molar-refractivity contribution in [2.45, 2.75) is 44.4 Å². The zero-order valence-electron chi connectivity index (χ0n) is 13.2. The van der Waals surface area contributed by atoms with Crippen LogP contribution in [0.15, 0.2) is 24.3 Å². The van der Waals surface area contributed by atoms with E-state index < -0.39 is 30.0 Å². The summed E-state index contributed by atoms with van der Waals surface area (Å²) in [5, 5.41) is 30.0. The lowest BCUT2D eigenvalue weighted by atomic mass is 9.90. The summed E-state index contributed by atoms with van der Waals surface area (Å²) in [6.45, 7) is 1.62. The monoisotopic (exact) mass is 334 g/mol. The van der Waals surface area contributed by atoms with Crippen LogP contribution in [0.1, 0.15) is 35.4 Å². The molecule has 0 radical (unpaired) electrons. The highest BCUT2D eigenvalue weighted by Crippen LogP contribution is 2.20. The number of halogens is 1. The maximum absolute atomic E-state index is 13.9. The summed E-state index contributed by atoms with van der Waals surface area (Å²) >= 11 is 0. The number of carbonyl (C=O) groups excluding carboxylic acids is 1. The first-order chi connectivity index (χ1) is 11.5. The van der Waals surface area contributed by atoms with E-state index in [-0.39, 0.29) is 11.4 Å². The Morgan fingerprint density at radius 1 is 1.33 bits per heavy atom. The largest absolute Gasteiger partial charge is 0.390 e. The number of carbonyl (C=O) groups is 1. The van der Waals surface area contributed by atoms with Gasteiger partial charge >= 0.3 is 0 Å². The normalized spacial score (nSPS) is 23.9. The summed E-state index contributed by atoms with van der Waals surface area (Å²) < 4.78 is 15.1. The third-order valence-electron chi connectivity index (χ3n) is 4.33. The minimum absolute atomic E-state index is 0.0607. The summed E-state index contributed by atoms with van der Waals surface area (Å²) in [6.07, 6.45) is -0.0613. The zero-order chi connectivity index (χ0) is 17.3. The van der Waals surface area contributed by atoms with Gasteiger partial charge in [-0.1, -0.05) is 17.3 Å². The SMILES string of the molecule is Cc1c(C(=O)N[C@@H]2CCC[C@@H](O)[C@@H]2O)nnn1-c1ccccc1F. The summed E-state index contributed by atoms with van der Waals surface area (Å²) in [4.78, 5) is 12.4. The average molecular weight is 334 g/mol. The molecular weight excluding hydrogens is 315 g/mol. The lowest BCUT2D eigenvalue weighted by molar-refractivity contribution is -0.0278. The second-order valence-corrected chi connectivity index (χ2v) is 5.96. The van der Waals surface area contributed by atoms with Crippen LogP contribution in [0.2, 0.25) is 0 Å². The van der Waals surface area contributed by atoms with Crippen molar-refractivity contribution in [1.29, 1.82) is 0 Å². The Morgan fingerprint density at radius 2 is 2.08 bits per heavy atom. The molecule has 7 nitrogen and oxygen atoms in total. The van der Waals surface area contributed by atoms with Gasteiger partial charge in [-0.25, -0.2) is 9.07 Å². The van der Waals surface area contributed by atoms with E-state index in [1.807, 2.05) is 0 Å². The van der Waals surface area contributed by atoms with Gasteiger partial charge in [-0.2, -0.15) is 0 Å². The van der Waals surface area contributed by atoms with Gasteiger partial charge in [0.05, 0.1) is 23.9 Å². The summed E-state index contributed by atoms with van der Waals surface area (Å²) in [6, 6.07) is 5.53. The summed E-state index contributed by atoms with van der Waals surface area (Å²) in [5.41, 5.74) is 0.656. The minimum atomic E-state index is -1.01. The molecule has 1 heterocycles. The lowest BCUT2D eigenvalue weighted by Crippen LogP contribution is -2.51. The first-order valence-corrected chi connectivity index (χ1v) is 7.83. The lowest BCUT2D eigenvalue weighted by Gasteiger charge is -2.32. The number of rotatable bonds is 3. The van der Waals surface area contributed by atoms with Crippen molar-refractivity contribution in [3.05, 3.63) is 41.5 Å². The van der Waals surface area contributed by atoms with Gasteiger partial charge in [-0.3, -0.25) is 4.79 Å². The second-order valence-electron chi connectivity index (χ2n) is 5.96. The predicted octanol–water partition coefficient (Wildman–Crippen LogP) is 0.719. The Kier molecular flexibility index (Phi) is 4.59. The number of para-hydroxylation sites is 1. The van der Waals surface area contributed by atoms with Crippen LogP contribution in [0.3, 0.4) is 0 Å².